The first kappa shape index (κ1) is 26.2. The number of nitrogens with one attached hydrogen (secondary N) is 2. The van der Waals surface area contributed by atoms with E-state index in [1.165, 1.54) is 11.3 Å². The molecule has 4 aromatic rings. The maximum atomic E-state index is 12.9. The molecule has 1 aliphatic rings. The van der Waals surface area contributed by atoms with Gasteiger partial charge in [0.05, 0.1) is 0 Å². The summed E-state index contributed by atoms with van der Waals surface area (Å²) in [4.78, 5) is 38.2. The van der Waals surface area contributed by atoms with Crippen LogP contribution in [-0.2, 0) is 4.79 Å². The van der Waals surface area contributed by atoms with Crippen LogP contribution in [0.4, 0.5) is 10.9 Å². The normalized spacial score (nSPS) is 14.9. The second kappa shape index (κ2) is 11.5. The highest BCUT2D eigenvalue weighted by Gasteiger charge is 2.24. The topological polar surface area (TPSA) is 116 Å². The monoisotopic (exact) mass is 543 g/mol. The third-order valence-corrected chi connectivity index (χ3v) is 7.54. The Morgan fingerprint density at radius 2 is 2.08 bits per heavy atom. The lowest BCUT2D eigenvalue weighted by Gasteiger charge is -2.31. The fourth-order valence-electron chi connectivity index (χ4n) is 4.55. The van der Waals surface area contributed by atoms with Crippen molar-refractivity contribution in [2.75, 3.05) is 36.9 Å². The molecule has 3 aromatic heterocycles. The number of anilines is 2. The average molecular weight is 544 g/mol. The highest BCUT2D eigenvalue weighted by molar-refractivity contribution is 7.15. The van der Waals surface area contributed by atoms with Crippen molar-refractivity contribution in [1.29, 1.82) is 0 Å². The minimum atomic E-state index is -0.145. The highest BCUT2D eigenvalue weighted by atomic mass is 32.1. The van der Waals surface area contributed by atoms with Gasteiger partial charge in [0.2, 0.25) is 0 Å². The minimum absolute atomic E-state index is 0.120. The summed E-state index contributed by atoms with van der Waals surface area (Å²) in [5.74, 6) is 7.15. The van der Waals surface area contributed by atoms with Crippen LogP contribution in [-0.4, -0.2) is 63.6 Å². The van der Waals surface area contributed by atoms with Gasteiger partial charge in [0.15, 0.2) is 16.6 Å². The van der Waals surface area contributed by atoms with E-state index in [0.29, 0.717) is 46.7 Å². The number of likely N-dealkylation sites (tertiary alicyclic amines) is 1. The molecule has 200 valence electrons. The van der Waals surface area contributed by atoms with Gasteiger partial charge in [0.25, 0.3) is 11.8 Å². The summed E-state index contributed by atoms with van der Waals surface area (Å²) < 4.78 is 6.20. The molecule has 0 spiro atoms. The van der Waals surface area contributed by atoms with E-state index in [4.69, 9.17) is 4.74 Å². The van der Waals surface area contributed by atoms with E-state index in [1.54, 1.807) is 61.6 Å². The van der Waals surface area contributed by atoms with E-state index in [9.17, 15) is 9.59 Å². The molecule has 1 aliphatic heterocycles. The molecule has 10 nitrogen and oxygen atoms in total. The number of nitrogens with zero attached hydrogens (tertiary/aromatic N) is 5. The maximum absolute atomic E-state index is 12.9. The average Bonchev–Trinajstić information content (AvgIpc) is 3.58. The van der Waals surface area contributed by atoms with Crippen LogP contribution in [0, 0.1) is 24.7 Å². The van der Waals surface area contributed by atoms with Gasteiger partial charge in [-0.05, 0) is 62.8 Å². The summed E-state index contributed by atoms with van der Waals surface area (Å²) in [7, 11) is 1.72. The van der Waals surface area contributed by atoms with Gasteiger partial charge in [0.1, 0.15) is 16.9 Å². The van der Waals surface area contributed by atoms with E-state index < -0.39 is 0 Å². The van der Waals surface area contributed by atoms with Crippen molar-refractivity contribution in [3.05, 3.63) is 53.2 Å². The number of hydrogen-bond acceptors (Lipinski definition) is 8. The van der Waals surface area contributed by atoms with Crippen molar-refractivity contribution in [3.63, 3.8) is 0 Å². The first-order valence-corrected chi connectivity index (χ1v) is 13.5. The number of ether oxygens (including phenoxy) is 1. The Morgan fingerprint density at radius 1 is 1.26 bits per heavy atom. The number of fused-ring (bicyclic) bond motifs is 1. The van der Waals surface area contributed by atoms with Crippen molar-refractivity contribution in [3.8, 4) is 23.3 Å². The van der Waals surface area contributed by atoms with Gasteiger partial charge in [-0.1, -0.05) is 5.92 Å². The van der Waals surface area contributed by atoms with Gasteiger partial charge in [-0.25, -0.2) is 9.97 Å². The van der Waals surface area contributed by atoms with E-state index in [2.05, 4.69) is 37.3 Å². The van der Waals surface area contributed by atoms with Gasteiger partial charge in [-0.3, -0.25) is 19.6 Å². The molecule has 4 heterocycles. The zero-order valence-electron chi connectivity index (χ0n) is 22.0. The largest absolute Gasteiger partial charge is 0.456 e. The van der Waals surface area contributed by atoms with Gasteiger partial charge in [-0.15, -0.1) is 11.3 Å². The molecule has 2 N–H and O–H groups in total. The number of pyridine rings is 1. The molecule has 1 atom stereocenters. The molecule has 0 bridgehead atoms. The van der Waals surface area contributed by atoms with Gasteiger partial charge < -0.3 is 15.0 Å². The molecule has 1 fully saturated rings. The number of benzene rings is 1. The van der Waals surface area contributed by atoms with Crippen molar-refractivity contribution < 1.29 is 14.3 Å². The fraction of sp³-hybridized carbons (Fsp3) is 0.321. The second-order valence-electron chi connectivity index (χ2n) is 9.36. The van der Waals surface area contributed by atoms with E-state index in [1.807, 2.05) is 11.8 Å². The molecule has 0 saturated carbocycles. The highest BCUT2D eigenvalue weighted by Crippen LogP contribution is 2.33. The Labute approximate surface area is 230 Å². The van der Waals surface area contributed by atoms with Crippen LogP contribution in [0.15, 0.2) is 42.7 Å². The van der Waals surface area contributed by atoms with Crippen molar-refractivity contribution in [2.45, 2.75) is 26.7 Å². The summed E-state index contributed by atoms with van der Waals surface area (Å²) in [5, 5.41) is 12.2. The Morgan fingerprint density at radius 3 is 2.82 bits per heavy atom. The van der Waals surface area contributed by atoms with Crippen molar-refractivity contribution >= 4 is 45.1 Å². The Kier molecular flexibility index (Phi) is 7.74. The Balaban J connectivity index is 1.27. The number of hydrogen-bond donors (Lipinski definition) is 2. The molecule has 1 saturated heterocycles. The summed E-state index contributed by atoms with van der Waals surface area (Å²) in [5.41, 5.74) is 1.13. The molecule has 0 unspecified atom stereocenters. The first-order chi connectivity index (χ1) is 18.9. The third-order valence-electron chi connectivity index (χ3n) is 6.55. The molecule has 1 aromatic carbocycles. The van der Waals surface area contributed by atoms with Crippen LogP contribution in [0.1, 0.15) is 35.0 Å². The Hall–Kier alpha value is -4.43. The summed E-state index contributed by atoms with van der Waals surface area (Å²) >= 11 is 1.47. The Bertz CT molecular complexity index is 1550. The van der Waals surface area contributed by atoms with Crippen molar-refractivity contribution in [1.82, 2.24) is 25.1 Å². The van der Waals surface area contributed by atoms with E-state index >= 15 is 0 Å². The summed E-state index contributed by atoms with van der Waals surface area (Å²) in [6, 6.07) is 8.78. The number of aryl methyl sites for hydroxylation is 1. The predicted octanol–water partition coefficient (Wildman–Crippen LogP) is 4.47. The smallest absolute Gasteiger partial charge is 0.298 e. The fourth-order valence-corrected chi connectivity index (χ4v) is 5.27. The quantitative estimate of drug-likeness (QED) is 0.331. The minimum Gasteiger partial charge on any atom is -0.456 e. The van der Waals surface area contributed by atoms with Crippen LogP contribution in [0.25, 0.3) is 11.0 Å². The van der Waals surface area contributed by atoms with Crippen LogP contribution >= 0.6 is 11.3 Å². The number of carbonyl (C=O) groups is 2. The first-order valence-electron chi connectivity index (χ1n) is 12.7. The van der Waals surface area contributed by atoms with Gasteiger partial charge in [0, 0.05) is 55.6 Å². The molecule has 5 rings (SSSR count). The maximum Gasteiger partial charge on any atom is 0.298 e. The number of aromatic nitrogens is 4. The van der Waals surface area contributed by atoms with Crippen LogP contribution in [0.3, 0.4) is 0 Å². The molecular formula is C28H29N7O3S. The zero-order valence-corrected chi connectivity index (χ0v) is 22.8. The number of aromatic amines is 1. The number of H-pyrrole nitrogens is 1. The van der Waals surface area contributed by atoms with Gasteiger partial charge in [-0.2, -0.15) is 5.10 Å². The van der Waals surface area contributed by atoms with E-state index in [-0.39, 0.29) is 17.7 Å². The zero-order chi connectivity index (χ0) is 27.4. The third kappa shape index (κ3) is 5.86. The summed E-state index contributed by atoms with van der Waals surface area (Å²) in [6.45, 7) is 5.68. The lowest BCUT2D eigenvalue weighted by molar-refractivity contribution is -0.126. The van der Waals surface area contributed by atoms with Crippen LogP contribution in [0.2, 0.25) is 0 Å². The number of piperidine rings is 1. The number of rotatable bonds is 7. The molecule has 11 heteroatoms. The van der Waals surface area contributed by atoms with Gasteiger partial charge >= 0.3 is 0 Å². The van der Waals surface area contributed by atoms with Crippen molar-refractivity contribution in [2.24, 2.45) is 5.92 Å². The predicted molar refractivity (Wildman–Crippen MR) is 151 cm³/mol. The number of carbonyl (C=O) groups excluding carboxylic acids is 2. The SMILES string of the molecule is CC#CC(=O)N1CCC[C@@H](CNc2n[nH]c3nccc(Oc4ccc(C(=O)N(C)c5ncc(C)s5)cc4)c23)C1. The second-order valence-corrected chi connectivity index (χ2v) is 10.6. The molecule has 39 heavy (non-hydrogen) atoms. The van der Waals surface area contributed by atoms with Crippen LogP contribution < -0.4 is 15.0 Å². The number of amides is 2. The summed E-state index contributed by atoms with van der Waals surface area (Å²) in [6.07, 6.45) is 5.37. The van der Waals surface area contributed by atoms with E-state index in [0.717, 1.165) is 29.6 Å². The molecule has 0 radical (unpaired) electrons. The molecular weight excluding hydrogens is 514 g/mol. The van der Waals surface area contributed by atoms with Crippen LogP contribution in [0.5, 0.6) is 11.5 Å². The standard InChI is InChI=1S/C28H29N7O3S/c1-4-6-23(36)35-14-5-7-19(17-35)16-30-26-24-22(12-13-29-25(24)32-33-26)38-21-10-8-20(9-11-21)27(37)34(3)28-31-15-18(2)39-28/h8-13,15,19H,5,7,14,16-17H2,1-3H3,(H2,29,30,32,33)/t19-/m0/s1. The molecule has 2 amide bonds. The lowest BCUT2D eigenvalue weighted by Crippen LogP contribution is -2.41. The molecule has 0 aliphatic carbocycles. The lowest BCUT2D eigenvalue weighted by atomic mass is 9.98. The number of thiazole rings is 1.